The molecule has 0 aliphatic carbocycles. The molecule has 1 N–H and O–H groups in total. The van der Waals surface area contributed by atoms with Gasteiger partial charge in [-0.1, -0.05) is 0 Å². The molecule has 0 aromatic heterocycles. The molecular weight excluding hydrogens is 177 g/mol. The summed E-state index contributed by atoms with van der Waals surface area (Å²) in [5, 5.41) is 0. The average Bonchev–Trinajstić information content (AvgIpc) is 1.86. The maximum atomic E-state index is 11.7. The molecule has 0 aliphatic rings. The number of rotatable bonds is 2. The van der Waals surface area contributed by atoms with Crippen LogP contribution in [0.3, 0.4) is 0 Å². The second-order valence-corrected chi connectivity index (χ2v) is 6.81. The minimum Gasteiger partial charge on any atom is -0.301 e. The van der Waals surface area contributed by atoms with Gasteiger partial charge in [-0.15, -0.1) is 0 Å². The first kappa shape index (κ1) is 11.8. The van der Waals surface area contributed by atoms with Crippen molar-refractivity contribution in [2.24, 2.45) is 0 Å². The molecule has 0 heterocycles. The van der Waals surface area contributed by atoms with Crippen molar-refractivity contribution >= 4 is 13.4 Å². The fourth-order valence-corrected chi connectivity index (χ4v) is 2.34. The van der Waals surface area contributed by atoms with E-state index in [2.05, 4.69) is 0 Å². The minimum atomic E-state index is -3.44. The Balaban J connectivity index is 5.03. The summed E-state index contributed by atoms with van der Waals surface area (Å²) >= 11 is 0. The van der Waals surface area contributed by atoms with E-state index < -0.39 is 17.4 Å². The van der Waals surface area contributed by atoms with Crippen molar-refractivity contribution in [3.05, 3.63) is 0 Å². The standard InChI is InChI=1S/C7H16NO3P/c1-6(2)12(10,11)8(4,5)7(3)9/h6H,1-5H3/p+1. The molecule has 5 heteroatoms. The quantitative estimate of drug-likeness (QED) is 0.672. The van der Waals surface area contributed by atoms with Gasteiger partial charge in [-0.05, 0) is 13.8 Å². The van der Waals surface area contributed by atoms with Crippen LogP contribution in [-0.2, 0) is 9.36 Å². The normalized spacial score (nSPS) is 17.6. The highest BCUT2D eigenvalue weighted by Gasteiger charge is 2.45. The zero-order chi connectivity index (χ0) is 10.2. The Morgan fingerprint density at radius 1 is 1.42 bits per heavy atom. The summed E-state index contributed by atoms with van der Waals surface area (Å²) in [5.74, 6) is -0.297. The second kappa shape index (κ2) is 3.29. The van der Waals surface area contributed by atoms with E-state index in [1.54, 1.807) is 13.8 Å². The molecule has 1 amide bonds. The Kier molecular flexibility index (Phi) is 3.24. The van der Waals surface area contributed by atoms with Crippen molar-refractivity contribution in [2.45, 2.75) is 26.4 Å². The number of hydrogen-bond donors (Lipinski definition) is 1. The smallest absolute Gasteiger partial charge is 0.301 e. The lowest BCUT2D eigenvalue weighted by Gasteiger charge is -2.31. The zero-order valence-electron chi connectivity index (χ0n) is 8.24. The molecule has 1 unspecified atom stereocenters. The summed E-state index contributed by atoms with van der Waals surface area (Å²) in [6.45, 7) is 4.61. The van der Waals surface area contributed by atoms with Crippen molar-refractivity contribution in [1.82, 2.24) is 0 Å². The molecule has 12 heavy (non-hydrogen) atoms. The second-order valence-electron chi connectivity index (χ2n) is 3.60. The fraction of sp³-hybridized carbons (Fsp3) is 0.857. The monoisotopic (exact) mass is 194 g/mol. The van der Waals surface area contributed by atoms with Crippen molar-refractivity contribution in [2.75, 3.05) is 14.1 Å². The third kappa shape index (κ3) is 1.76. The van der Waals surface area contributed by atoms with Gasteiger partial charge in [0.05, 0.1) is 26.7 Å². The highest BCUT2D eigenvalue weighted by atomic mass is 31.2. The van der Waals surface area contributed by atoms with Crippen molar-refractivity contribution < 1.29 is 18.5 Å². The summed E-state index contributed by atoms with van der Waals surface area (Å²) in [6, 6.07) is 0. The molecular formula is C7H17NO3P+. The van der Waals surface area contributed by atoms with E-state index in [0.29, 0.717) is 0 Å². The van der Waals surface area contributed by atoms with Crippen LogP contribution in [0, 0.1) is 0 Å². The Hall–Kier alpha value is -0.180. The molecule has 0 saturated carbocycles. The van der Waals surface area contributed by atoms with Crippen molar-refractivity contribution in [1.29, 1.82) is 0 Å². The van der Waals surface area contributed by atoms with Crippen LogP contribution in [0.1, 0.15) is 20.8 Å². The summed E-state index contributed by atoms with van der Waals surface area (Å²) in [5.41, 5.74) is -0.392. The third-order valence-electron chi connectivity index (χ3n) is 2.16. The minimum absolute atomic E-state index is 0.297. The molecule has 4 nitrogen and oxygen atoms in total. The predicted octanol–water partition coefficient (Wildman–Crippen LogP) is 1.20. The first-order chi connectivity index (χ1) is 5.14. The number of nitrogens with zero attached hydrogens (tertiary/aromatic N) is 1. The van der Waals surface area contributed by atoms with Crippen LogP contribution in [0.5, 0.6) is 0 Å². The summed E-state index contributed by atoms with van der Waals surface area (Å²) in [4.78, 5) is 20.7. The Bertz CT molecular complexity index is 235. The van der Waals surface area contributed by atoms with Crippen LogP contribution in [0.2, 0.25) is 0 Å². The van der Waals surface area contributed by atoms with Crippen LogP contribution in [0.15, 0.2) is 0 Å². The lowest BCUT2D eigenvalue weighted by molar-refractivity contribution is -0.693. The first-order valence-electron chi connectivity index (χ1n) is 3.82. The van der Waals surface area contributed by atoms with E-state index in [4.69, 9.17) is 0 Å². The number of hydrogen-bond acceptors (Lipinski definition) is 2. The average molecular weight is 194 g/mol. The number of carbonyl (C=O) groups excluding carboxylic acids is 1. The number of quaternary nitrogens is 1. The number of carbonyl (C=O) groups is 1. The summed E-state index contributed by atoms with van der Waals surface area (Å²) in [7, 11) is -0.513. The predicted molar refractivity (Wildman–Crippen MR) is 47.8 cm³/mol. The van der Waals surface area contributed by atoms with Crippen molar-refractivity contribution in [3.63, 3.8) is 0 Å². The molecule has 1 atom stereocenters. The highest BCUT2D eigenvalue weighted by molar-refractivity contribution is 7.53. The van der Waals surface area contributed by atoms with Crippen molar-refractivity contribution in [3.8, 4) is 0 Å². The van der Waals surface area contributed by atoms with Crippen LogP contribution in [-0.4, -0.2) is 34.8 Å². The van der Waals surface area contributed by atoms with Gasteiger partial charge in [0.1, 0.15) is 0 Å². The van der Waals surface area contributed by atoms with Gasteiger partial charge in [-0.25, -0.2) is 13.6 Å². The van der Waals surface area contributed by atoms with E-state index in [1.165, 1.54) is 21.0 Å². The van der Waals surface area contributed by atoms with Gasteiger partial charge in [0.25, 0.3) is 0 Å². The molecule has 0 spiro atoms. The maximum absolute atomic E-state index is 11.7. The zero-order valence-corrected chi connectivity index (χ0v) is 9.13. The van der Waals surface area contributed by atoms with E-state index in [0.717, 1.165) is 0 Å². The first-order valence-corrected chi connectivity index (χ1v) is 5.50. The van der Waals surface area contributed by atoms with Crippen LogP contribution >= 0.6 is 7.52 Å². The highest BCUT2D eigenvalue weighted by Crippen LogP contribution is 2.53. The molecule has 0 aromatic carbocycles. The Labute approximate surface area is 73.3 Å². The molecule has 0 rings (SSSR count). The van der Waals surface area contributed by atoms with Gasteiger partial charge in [-0.3, -0.25) is 0 Å². The van der Waals surface area contributed by atoms with Gasteiger partial charge in [0, 0.05) is 0 Å². The van der Waals surface area contributed by atoms with Gasteiger partial charge >= 0.3 is 13.4 Å². The largest absolute Gasteiger partial charge is 0.388 e. The Morgan fingerprint density at radius 3 is 1.83 bits per heavy atom. The molecule has 72 valence electrons. The third-order valence-corrected chi connectivity index (χ3v) is 5.22. The van der Waals surface area contributed by atoms with Crippen LogP contribution in [0.25, 0.3) is 0 Å². The summed E-state index contributed by atoms with van der Waals surface area (Å²) in [6.07, 6.45) is 0. The van der Waals surface area contributed by atoms with Crippen LogP contribution < -0.4 is 0 Å². The van der Waals surface area contributed by atoms with Gasteiger partial charge in [0.15, 0.2) is 0 Å². The van der Waals surface area contributed by atoms with E-state index in [9.17, 15) is 14.3 Å². The Morgan fingerprint density at radius 2 is 1.75 bits per heavy atom. The van der Waals surface area contributed by atoms with Gasteiger partial charge in [-0.2, -0.15) is 0 Å². The van der Waals surface area contributed by atoms with Crippen LogP contribution in [0.4, 0.5) is 0 Å². The molecule has 0 fully saturated rings. The van der Waals surface area contributed by atoms with E-state index in [-0.39, 0.29) is 5.91 Å². The van der Waals surface area contributed by atoms with Gasteiger partial charge in [0.2, 0.25) is 0 Å². The topological polar surface area (TPSA) is 54.4 Å². The fourth-order valence-electron chi connectivity index (χ4n) is 0.779. The molecule has 0 aliphatic heterocycles. The lowest BCUT2D eigenvalue weighted by atomic mass is 10.6. The van der Waals surface area contributed by atoms with E-state index >= 15 is 0 Å². The number of amides is 1. The molecule has 0 radical (unpaired) electrons. The van der Waals surface area contributed by atoms with E-state index in [1.807, 2.05) is 0 Å². The van der Waals surface area contributed by atoms with Gasteiger partial charge < -0.3 is 4.89 Å². The SMILES string of the molecule is CC(=O)[N+](C)(C)P(=O)(O)C(C)C. The molecule has 0 bridgehead atoms. The molecule has 0 saturated heterocycles. The lowest BCUT2D eigenvalue weighted by Crippen LogP contribution is -2.42. The summed E-state index contributed by atoms with van der Waals surface area (Å²) < 4.78 is 11.2. The maximum Gasteiger partial charge on any atom is 0.388 e. The molecule has 0 aromatic rings.